The second-order valence-electron chi connectivity index (χ2n) is 9.90. The van der Waals surface area contributed by atoms with Crippen LogP contribution in [0.2, 0.25) is 0 Å². The molecule has 11 nitrogen and oxygen atoms in total. The Balaban J connectivity index is 1.71. The monoisotopic (exact) mass is 617 g/mol. The summed E-state index contributed by atoms with van der Waals surface area (Å²) < 4.78 is 72.6. The molecule has 1 aliphatic heterocycles. The highest BCUT2D eigenvalue weighted by atomic mass is 32.2. The van der Waals surface area contributed by atoms with Crippen molar-refractivity contribution in [3.63, 3.8) is 0 Å². The lowest BCUT2D eigenvalue weighted by Gasteiger charge is -2.25. The molecule has 226 valence electrons. The second kappa shape index (κ2) is 12.6. The van der Waals surface area contributed by atoms with Crippen LogP contribution in [0, 0.1) is 13.8 Å². The summed E-state index contributed by atoms with van der Waals surface area (Å²) in [6.45, 7) is 3.90. The van der Waals surface area contributed by atoms with Crippen LogP contribution >= 0.6 is 0 Å². The number of hydrogen-bond donors (Lipinski definition) is 1. The molecule has 3 aromatic carbocycles. The summed E-state index contributed by atoms with van der Waals surface area (Å²) in [4.78, 5) is 13.4. The Morgan fingerprint density at radius 1 is 0.786 bits per heavy atom. The maximum absolute atomic E-state index is 14.0. The maximum atomic E-state index is 14.0. The van der Waals surface area contributed by atoms with E-state index in [1.807, 2.05) is 19.9 Å². The molecule has 0 atom stereocenters. The van der Waals surface area contributed by atoms with Crippen molar-refractivity contribution in [2.75, 3.05) is 50.6 Å². The molecule has 3 aromatic rings. The van der Waals surface area contributed by atoms with Gasteiger partial charge in [-0.1, -0.05) is 6.07 Å². The largest absolute Gasteiger partial charge is 0.495 e. The minimum Gasteiger partial charge on any atom is -0.495 e. The Kier molecular flexibility index (Phi) is 9.34. The van der Waals surface area contributed by atoms with Crippen molar-refractivity contribution in [1.82, 2.24) is 4.31 Å². The van der Waals surface area contributed by atoms with Gasteiger partial charge in [-0.05, 0) is 80.3 Å². The Labute approximate surface area is 247 Å². The van der Waals surface area contributed by atoms with Gasteiger partial charge in [-0.25, -0.2) is 16.8 Å². The van der Waals surface area contributed by atoms with Crippen LogP contribution in [0.3, 0.4) is 0 Å². The van der Waals surface area contributed by atoms with Crippen molar-refractivity contribution in [1.29, 1.82) is 0 Å². The molecule has 0 spiro atoms. The molecule has 1 fully saturated rings. The van der Waals surface area contributed by atoms with Gasteiger partial charge in [0.05, 0.1) is 42.5 Å². The topological polar surface area (TPSA) is 132 Å². The predicted molar refractivity (Wildman–Crippen MR) is 160 cm³/mol. The number of anilines is 2. The normalized spacial score (nSPS) is 13.9. The average molecular weight is 618 g/mol. The lowest BCUT2D eigenvalue weighted by molar-refractivity contribution is -0.114. The summed E-state index contributed by atoms with van der Waals surface area (Å²) in [6.07, 6.45) is 1.56. The van der Waals surface area contributed by atoms with Crippen molar-refractivity contribution in [2.45, 2.75) is 36.5 Å². The van der Waals surface area contributed by atoms with Gasteiger partial charge in [-0.2, -0.15) is 4.31 Å². The van der Waals surface area contributed by atoms with E-state index >= 15 is 0 Å². The minimum atomic E-state index is -4.29. The molecule has 0 unspecified atom stereocenters. The number of benzene rings is 3. The Bertz CT molecular complexity index is 1660. The lowest BCUT2D eigenvalue weighted by atomic mass is 10.1. The SMILES string of the molecule is COc1ccc(S(=O)(=O)N2CCCC2)cc1NC(=O)CN(c1cc(C)cc(C)c1)S(=O)(=O)c1ccc(OC)c(OC)c1. The molecule has 4 rings (SSSR count). The highest BCUT2D eigenvalue weighted by molar-refractivity contribution is 7.92. The number of methoxy groups -OCH3 is 3. The first-order valence-corrected chi connectivity index (χ1v) is 16.1. The van der Waals surface area contributed by atoms with Crippen molar-refractivity contribution in [3.05, 3.63) is 65.7 Å². The first kappa shape index (κ1) is 31.1. The van der Waals surface area contributed by atoms with E-state index in [1.54, 1.807) is 12.1 Å². The molecule has 0 aromatic heterocycles. The van der Waals surface area contributed by atoms with Crippen LogP contribution in [0.4, 0.5) is 11.4 Å². The molecule has 1 saturated heterocycles. The second-order valence-corrected chi connectivity index (χ2v) is 13.7. The zero-order valence-corrected chi connectivity index (χ0v) is 25.8. The van der Waals surface area contributed by atoms with Crippen molar-refractivity contribution >= 4 is 37.3 Å². The Morgan fingerprint density at radius 3 is 1.95 bits per heavy atom. The van der Waals surface area contributed by atoms with Crippen LogP contribution in [0.5, 0.6) is 17.2 Å². The van der Waals surface area contributed by atoms with Crippen LogP contribution in [0.1, 0.15) is 24.0 Å². The lowest BCUT2D eigenvalue weighted by Crippen LogP contribution is -2.38. The van der Waals surface area contributed by atoms with E-state index < -0.39 is 32.5 Å². The Morgan fingerprint density at radius 2 is 1.36 bits per heavy atom. The number of aryl methyl sites for hydroxylation is 2. The highest BCUT2D eigenvalue weighted by Crippen LogP contribution is 2.34. The van der Waals surface area contributed by atoms with Crippen molar-refractivity contribution in [2.24, 2.45) is 0 Å². The van der Waals surface area contributed by atoms with Gasteiger partial charge in [0.2, 0.25) is 15.9 Å². The first-order chi connectivity index (χ1) is 19.9. The molecule has 1 heterocycles. The molecule has 0 aliphatic carbocycles. The van der Waals surface area contributed by atoms with Gasteiger partial charge in [-0.15, -0.1) is 0 Å². The highest BCUT2D eigenvalue weighted by Gasteiger charge is 2.31. The number of nitrogens with zero attached hydrogens (tertiary/aromatic N) is 2. The average Bonchev–Trinajstić information content (AvgIpc) is 3.51. The van der Waals surface area contributed by atoms with Crippen LogP contribution in [-0.4, -0.2) is 68.0 Å². The van der Waals surface area contributed by atoms with Gasteiger partial charge in [0.15, 0.2) is 11.5 Å². The number of carbonyl (C=O) groups excluding carboxylic acids is 1. The number of sulfonamides is 2. The van der Waals surface area contributed by atoms with E-state index in [0.717, 1.165) is 28.3 Å². The van der Waals surface area contributed by atoms with E-state index in [0.29, 0.717) is 18.8 Å². The summed E-state index contributed by atoms with van der Waals surface area (Å²) >= 11 is 0. The molecule has 1 N–H and O–H groups in total. The third-order valence-electron chi connectivity index (χ3n) is 6.87. The third kappa shape index (κ3) is 6.48. The number of hydrogen-bond acceptors (Lipinski definition) is 8. The van der Waals surface area contributed by atoms with Crippen molar-refractivity contribution < 1.29 is 35.8 Å². The predicted octanol–water partition coefficient (Wildman–Crippen LogP) is 3.95. The summed E-state index contributed by atoms with van der Waals surface area (Å²) in [7, 11) is -3.83. The Hall–Kier alpha value is -3.81. The maximum Gasteiger partial charge on any atom is 0.264 e. The molecule has 1 aliphatic rings. The number of amides is 1. The fourth-order valence-corrected chi connectivity index (χ4v) is 7.82. The number of rotatable bonds is 11. The van der Waals surface area contributed by atoms with Gasteiger partial charge in [0.1, 0.15) is 12.3 Å². The molecule has 42 heavy (non-hydrogen) atoms. The van der Waals surface area contributed by atoms with Gasteiger partial charge in [-0.3, -0.25) is 9.10 Å². The first-order valence-electron chi connectivity index (χ1n) is 13.2. The molecule has 0 saturated carbocycles. The summed E-state index contributed by atoms with van der Waals surface area (Å²) in [6, 6.07) is 13.6. The summed E-state index contributed by atoms with van der Waals surface area (Å²) in [5.41, 5.74) is 2.00. The van der Waals surface area contributed by atoms with Gasteiger partial charge < -0.3 is 19.5 Å². The van der Waals surface area contributed by atoms with Crippen molar-refractivity contribution in [3.8, 4) is 17.2 Å². The van der Waals surface area contributed by atoms with Gasteiger partial charge in [0.25, 0.3) is 10.0 Å². The molecule has 1 amide bonds. The fraction of sp³-hybridized carbons (Fsp3) is 0.345. The number of ether oxygens (including phenoxy) is 3. The molecule has 0 bridgehead atoms. The number of carbonyl (C=O) groups is 1. The van der Waals surface area contributed by atoms with E-state index in [-0.39, 0.29) is 32.7 Å². The van der Waals surface area contributed by atoms with Crippen LogP contribution in [0.15, 0.2) is 64.4 Å². The van der Waals surface area contributed by atoms with E-state index in [4.69, 9.17) is 14.2 Å². The molecular weight excluding hydrogens is 582 g/mol. The van der Waals surface area contributed by atoms with E-state index in [1.165, 1.54) is 62.0 Å². The van der Waals surface area contributed by atoms with Gasteiger partial charge >= 0.3 is 0 Å². The van der Waals surface area contributed by atoms with E-state index in [2.05, 4.69) is 5.32 Å². The minimum absolute atomic E-state index is 0.00427. The molecule has 13 heteroatoms. The summed E-state index contributed by atoms with van der Waals surface area (Å²) in [5.74, 6) is 0.0869. The van der Waals surface area contributed by atoms with Gasteiger partial charge in [0, 0.05) is 19.2 Å². The molecule has 0 radical (unpaired) electrons. The smallest absolute Gasteiger partial charge is 0.264 e. The third-order valence-corrected chi connectivity index (χ3v) is 10.5. The molecular formula is C29H35N3O8S2. The van der Waals surface area contributed by atoms with E-state index in [9.17, 15) is 21.6 Å². The van der Waals surface area contributed by atoms with Crippen LogP contribution in [-0.2, 0) is 24.8 Å². The fourth-order valence-electron chi connectivity index (χ4n) is 4.86. The number of nitrogens with one attached hydrogen (secondary N) is 1. The quantitative estimate of drug-likeness (QED) is 0.342. The zero-order chi connectivity index (χ0) is 30.7. The standard InChI is InChI=1S/C29H35N3O8S2/c1-20-14-21(2)16-22(15-20)32(42(36,37)24-9-11-27(39-4)28(18-24)40-5)19-29(33)30-25-17-23(8-10-26(25)38-3)41(34,35)31-12-6-7-13-31/h8-11,14-18H,6-7,12-13,19H2,1-5H3,(H,30,33). The van der Waals surface area contributed by atoms with Crippen LogP contribution in [0.25, 0.3) is 0 Å². The van der Waals surface area contributed by atoms with Crippen LogP contribution < -0.4 is 23.8 Å². The summed E-state index contributed by atoms with van der Waals surface area (Å²) in [5, 5.41) is 2.66. The zero-order valence-electron chi connectivity index (χ0n) is 24.2.